The third-order valence-corrected chi connectivity index (χ3v) is 6.97. The van der Waals surface area contributed by atoms with Crippen molar-refractivity contribution in [1.29, 1.82) is 5.26 Å². The molecule has 6 heteroatoms. The van der Waals surface area contributed by atoms with Gasteiger partial charge in [-0.05, 0) is 69.2 Å². The van der Waals surface area contributed by atoms with E-state index in [9.17, 15) is 10.1 Å². The van der Waals surface area contributed by atoms with Crippen LogP contribution in [0.1, 0.15) is 75.1 Å². The number of hydrogen-bond donors (Lipinski definition) is 0. The number of nitrogens with zero attached hydrogens (tertiary/aromatic N) is 3. The summed E-state index contributed by atoms with van der Waals surface area (Å²) in [5, 5.41) is 10.2. The molecule has 4 rings (SSSR count). The van der Waals surface area contributed by atoms with Gasteiger partial charge in [-0.1, -0.05) is 0 Å². The summed E-state index contributed by atoms with van der Waals surface area (Å²) in [6, 6.07) is 4.97. The normalized spacial score (nSPS) is 25.2. The van der Waals surface area contributed by atoms with Gasteiger partial charge in [0.25, 0.3) is 0 Å². The SMILES string of the molecule is COCCC(=O)N1[C@H](C)CN(c2cc(C3CC3)c3c(c2C#N)CC(C)(C)OC3)C[C@@H]1C. The Bertz CT molecular complexity index is 888. The van der Waals surface area contributed by atoms with Crippen molar-refractivity contribution in [2.24, 2.45) is 0 Å². The molecule has 2 heterocycles. The molecule has 0 aromatic heterocycles. The van der Waals surface area contributed by atoms with Gasteiger partial charge in [0.1, 0.15) is 6.07 Å². The molecule has 0 bridgehead atoms. The number of fused-ring (bicyclic) bond motifs is 1. The molecule has 1 amide bonds. The van der Waals surface area contributed by atoms with Gasteiger partial charge in [0.05, 0.1) is 36.5 Å². The van der Waals surface area contributed by atoms with Crippen molar-refractivity contribution in [3.8, 4) is 6.07 Å². The van der Waals surface area contributed by atoms with E-state index in [0.29, 0.717) is 25.6 Å². The van der Waals surface area contributed by atoms with Crippen molar-refractivity contribution in [2.75, 3.05) is 31.7 Å². The summed E-state index contributed by atoms with van der Waals surface area (Å²) in [6.07, 6.45) is 3.61. The first-order valence-electron chi connectivity index (χ1n) is 11.5. The maximum atomic E-state index is 12.7. The molecule has 1 aliphatic carbocycles. The zero-order valence-corrected chi connectivity index (χ0v) is 19.5. The number of ether oxygens (including phenoxy) is 2. The maximum Gasteiger partial charge on any atom is 0.225 e. The number of rotatable bonds is 5. The van der Waals surface area contributed by atoms with E-state index >= 15 is 0 Å². The average molecular weight is 426 g/mol. The maximum absolute atomic E-state index is 12.7. The van der Waals surface area contributed by atoms with Crippen LogP contribution in [0.25, 0.3) is 0 Å². The van der Waals surface area contributed by atoms with Crippen LogP contribution in [-0.4, -0.2) is 55.3 Å². The summed E-state index contributed by atoms with van der Waals surface area (Å²) in [4.78, 5) is 17.1. The molecule has 2 aliphatic heterocycles. The molecular weight excluding hydrogens is 390 g/mol. The van der Waals surface area contributed by atoms with Crippen LogP contribution in [0.5, 0.6) is 0 Å². The van der Waals surface area contributed by atoms with Crippen molar-refractivity contribution in [2.45, 2.75) is 83.6 Å². The van der Waals surface area contributed by atoms with Crippen LogP contribution < -0.4 is 4.90 Å². The minimum absolute atomic E-state index is 0.0832. The summed E-state index contributed by atoms with van der Waals surface area (Å²) in [5.41, 5.74) is 5.38. The zero-order valence-electron chi connectivity index (χ0n) is 19.5. The predicted octanol–water partition coefficient (Wildman–Crippen LogP) is 3.75. The molecule has 1 saturated carbocycles. The van der Waals surface area contributed by atoms with Crippen LogP contribution in [0, 0.1) is 11.3 Å². The van der Waals surface area contributed by atoms with E-state index in [1.807, 2.05) is 4.90 Å². The largest absolute Gasteiger partial charge is 0.384 e. The van der Waals surface area contributed by atoms with Crippen LogP contribution in [0.3, 0.4) is 0 Å². The Labute approximate surface area is 186 Å². The second kappa shape index (κ2) is 8.44. The number of anilines is 1. The van der Waals surface area contributed by atoms with E-state index < -0.39 is 0 Å². The Morgan fingerprint density at radius 2 is 1.94 bits per heavy atom. The molecule has 2 fully saturated rings. The number of hydrogen-bond acceptors (Lipinski definition) is 5. The first-order chi connectivity index (χ1) is 14.8. The van der Waals surface area contributed by atoms with Crippen LogP contribution >= 0.6 is 0 Å². The van der Waals surface area contributed by atoms with Crippen molar-refractivity contribution in [3.63, 3.8) is 0 Å². The summed E-state index contributed by atoms with van der Waals surface area (Å²) in [6.45, 7) is 10.9. The number of methoxy groups -OCH3 is 1. The Kier molecular flexibility index (Phi) is 6.02. The highest BCUT2D eigenvalue weighted by Crippen LogP contribution is 2.47. The number of nitriles is 1. The molecule has 0 N–H and O–H groups in total. The monoisotopic (exact) mass is 425 g/mol. The van der Waals surface area contributed by atoms with E-state index in [4.69, 9.17) is 9.47 Å². The number of benzene rings is 1. The third-order valence-electron chi connectivity index (χ3n) is 6.97. The highest BCUT2D eigenvalue weighted by Gasteiger charge is 2.38. The fourth-order valence-corrected chi connectivity index (χ4v) is 5.36. The minimum atomic E-state index is -0.259. The first-order valence-corrected chi connectivity index (χ1v) is 11.5. The fourth-order valence-electron chi connectivity index (χ4n) is 5.36. The number of piperazine rings is 1. The highest BCUT2D eigenvalue weighted by atomic mass is 16.5. The molecule has 0 spiro atoms. The smallest absolute Gasteiger partial charge is 0.225 e. The molecule has 0 radical (unpaired) electrons. The fraction of sp³-hybridized carbons (Fsp3) is 0.680. The predicted molar refractivity (Wildman–Crippen MR) is 120 cm³/mol. The van der Waals surface area contributed by atoms with Gasteiger partial charge in [-0.2, -0.15) is 5.26 Å². The molecule has 31 heavy (non-hydrogen) atoms. The van der Waals surface area contributed by atoms with Gasteiger partial charge in [-0.25, -0.2) is 0 Å². The van der Waals surface area contributed by atoms with Crippen LogP contribution in [-0.2, 0) is 27.3 Å². The first kappa shape index (κ1) is 22.1. The van der Waals surface area contributed by atoms with Crippen molar-refractivity contribution < 1.29 is 14.3 Å². The minimum Gasteiger partial charge on any atom is -0.384 e. The number of amides is 1. The van der Waals surface area contributed by atoms with Crippen molar-refractivity contribution in [3.05, 3.63) is 28.3 Å². The van der Waals surface area contributed by atoms with Gasteiger partial charge in [0.2, 0.25) is 5.91 Å². The van der Waals surface area contributed by atoms with Gasteiger partial charge in [-0.3, -0.25) is 4.79 Å². The molecule has 3 aliphatic rings. The Balaban J connectivity index is 1.68. The summed E-state index contributed by atoms with van der Waals surface area (Å²) < 4.78 is 11.2. The zero-order chi connectivity index (χ0) is 22.3. The number of carbonyl (C=O) groups excluding carboxylic acids is 1. The van der Waals surface area contributed by atoms with E-state index in [0.717, 1.165) is 30.8 Å². The van der Waals surface area contributed by atoms with E-state index in [-0.39, 0.29) is 23.6 Å². The third kappa shape index (κ3) is 4.31. The van der Waals surface area contributed by atoms with Gasteiger partial charge < -0.3 is 19.3 Å². The Morgan fingerprint density at radius 3 is 2.52 bits per heavy atom. The molecule has 1 saturated heterocycles. The summed E-state index contributed by atoms with van der Waals surface area (Å²) in [5.74, 6) is 0.738. The lowest BCUT2D eigenvalue weighted by Crippen LogP contribution is -2.59. The van der Waals surface area contributed by atoms with Crippen LogP contribution in [0.15, 0.2) is 6.07 Å². The molecule has 1 aromatic rings. The summed E-state index contributed by atoms with van der Waals surface area (Å²) >= 11 is 0. The second-order valence-corrected chi connectivity index (χ2v) is 10.1. The van der Waals surface area contributed by atoms with E-state index in [1.165, 1.54) is 29.5 Å². The van der Waals surface area contributed by atoms with Gasteiger partial charge in [-0.15, -0.1) is 0 Å². The lowest BCUT2D eigenvalue weighted by Gasteiger charge is -2.46. The average Bonchev–Trinajstić information content (AvgIpc) is 3.54. The van der Waals surface area contributed by atoms with Crippen LogP contribution in [0.2, 0.25) is 0 Å². The Hall–Kier alpha value is -2.10. The lowest BCUT2D eigenvalue weighted by molar-refractivity contribution is -0.137. The molecule has 0 unspecified atom stereocenters. The van der Waals surface area contributed by atoms with Gasteiger partial charge in [0.15, 0.2) is 0 Å². The van der Waals surface area contributed by atoms with Crippen LogP contribution in [0.4, 0.5) is 5.69 Å². The summed E-state index contributed by atoms with van der Waals surface area (Å²) in [7, 11) is 1.63. The highest BCUT2D eigenvalue weighted by molar-refractivity contribution is 5.78. The molecule has 2 atom stereocenters. The number of carbonyl (C=O) groups is 1. The molecule has 1 aromatic carbocycles. The quantitative estimate of drug-likeness (QED) is 0.719. The molecular formula is C25H35N3O3. The Morgan fingerprint density at radius 1 is 1.26 bits per heavy atom. The van der Waals surface area contributed by atoms with Crippen molar-refractivity contribution in [1.82, 2.24) is 4.90 Å². The van der Waals surface area contributed by atoms with Gasteiger partial charge >= 0.3 is 0 Å². The lowest BCUT2D eigenvalue weighted by atomic mass is 9.84. The second-order valence-electron chi connectivity index (χ2n) is 10.1. The topological polar surface area (TPSA) is 65.8 Å². The van der Waals surface area contributed by atoms with Gasteiger partial charge in [0, 0.05) is 38.7 Å². The molecule has 6 nitrogen and oxygen atoms in total. The van der Waals surface area contributed by atoms with E-state index in [2.05, 4.69) is 44.7 Å². The van der Waals surface area contributed by atoms with E-state index in [1.54, 1.807) is 7.11 Å². The molecule has 168 valence electrons. The standard InChI is InChI=1S/C25H35N3O3/c1-16-13-27(14-17(2)28(16)24(29)8-9-30-5)23-10-19(18-6-7-18)22-15-31-25(3,4)11-20(22)21(23)12-26/h10,16-18H,6-9,11,13-15H2,1-5H3/t16-,17+. The van der Waals surface area contributed by atoms with Crippen molar-refractivity contribution >= 4 is 11.6 Å².